The van der Waals surface area contributed by atoms with Gasteiger partial charge in [-0.3, -0.25) is 9.48 Å². The number of carbonyl (C=O) groups is 1. The average Bonchev–Trinajstić information content (AvgIpc) is 3.12. The van der Waals surface area contributed by atoms with E-state index in [1.807, 2.05) is 6.07 Å². The Bertz CT molecular complexity index is 741. The number of hydrogen-bond acceptors (Lipinski definition) is 5. The zero-order valence-electron chi connectivity index (χ0n) is 11.8. The summed E-state index contributed by atoms with van der Waals surface area (Å²) in [5.74, 6) is 0.576. The minimum atomic E-state index is -0.0885. The third-order valence-electron chi connectivity index (χ3n) is 3.98. The highest BCUT2D eigenvalue weighted by Gasteiger charge is 2.34. The summed E-state index contributed by atoms with van der Waals surface area (Å²) in [7, 11) is 0. The first-order valence-corrected chi connectivity index (χ1v) is 7.19. The molecule has 0 radical (unpaired) electrons. The Hall–Kier alpha value is -2.82. The topological polar surface area (TPSA) is 89.0 Å². The molecule has 22 heavy (non-hydrogen) atoms. The normalized spacial score (nSPS) is 17.3. The Balaban J connectivity index is 1.43. The highest BCUT2D eigenvalue weighted by molar-refractivity contribution is 5.93. The van der Waals surface area contributed by atoms with E-state index in [0.717, 1.165) is 13.0 Å². The molecule has 8 heteroatoms. The van der Waals surface area contributed by atoms with Gasteiger partial charge < -0.3 is 9.64 Å². The van der Waals surface area contributed by atoms with Gasteiger partial charge in [-0.05, 0) is 0 Å². The maximum absolute atomic E-state index is 12.4. The van der Waals surface area contributed by atoms with Crippen LogP contribution >= 0.6 is 0 Å². The van der Waals surface area contributed by atoms with Gasteiger partial charge >= 0.3 is 0 Å². The maximum atomic E-state index is 12.4. The molecule has 0 atom stereocenters. The molecule has 4 rings (SSSR count). The van der Waals surface area contributed by atoms with Gasteiger partial charge in [0.25, 0.3) is 5.91 Å². The number of ether oxygens (including phenoxy) is 1. The Morgan fingerprint density at radius 1 is 1.45 bits per heavy atom. The van der Waals surface area contributed by atoms with E-state index < -0.39 is 0 Å². The fourth-order valence-electron chi connectivity index (χ4n) is 2.72. The standard InChI is InChI=1S/C14H14N6O2/c15-5-10-6-16-20(7-10)11-8-18(9-11)14(21)12-4-13-19(17-12)2-1-3-22-13/h4,6-7,11H,1-3,8-9H2. The Kier molecular flexibility index (Phi) is 2.85. The second-order valence-electron chi connectivity index (χ2n) is 5.48. The fraction of sp³-hybridized carbons (Fsp3) is 0.429. The Labute approximate surface area is 126 Å². The van der Waals surface area contributed by atoms with Crippen LogP contribution in [0.2, 0.25) is 0 Å². The van der Waals surface area contributed by atoms with E-state index in [-0.39, 0.29) is 11.9 Å². The number of aromatic nitrogens is 4. The summed E-state index contributed by atoms with van der Waals surface area (Å²) in [5, 5.41) is 17.3. The lowest BCUT2D eigenvalue weighted by molar-refractivity contribution is 0.0494. The quantitative estimate of drug-likeness (QED) is 0.802. The van der Waals surface area contributed by atoms with Crippen LogP contribution in [0.1, 0.15) is 28.5 Å². The molecule has 0 spiro atoms. The lowest BCUT2D eigenvalue weighted by Crippen LogP contribution is -2.51. The van der Waals surface area contributed by atoms with Crippen LogP contribution in [-0.4, -0.2) is 50.1 Å². The van der Waals surface area contributed by atoms with Crippen LogP contribution in [0.4, 0.5) is 0 Å². The third kappa shape index (κ3) is 2.02. The van der Waals surface area contributed by atoms with Crippen LogP contribution in [0.25, 0.3) is 0 Å². The van der Waals surface area contributed by atoms with Gasteiger partial charge in [-0.2, -0.15) is 15.5 Å². The highest BCUT2D eigenvalue weighted by atomic mass is 16.5. The van der Waals surface area contributed by atoms with E-state index in [4.69, 9.17) is 10.00 Å². The van der Waals surface area contributed by atoms with E-state index >= 15 is 0 Å². The van der Waals surface area contributed by atoms with Crippen LogP contribution in [0, 0.1) is 11.3 Å². The number of nitriles is 1. The summed E-state index contributed by atoms with van der Waals surface area (Å²) < 4.78 is 8.95. The molecule has 112 valence electrons. The molecule has 0 N–H and O–H groups in total. The number of rotatable bonds is 2. The molecule has 0 aliphatic carbocycles. The van der Waals surface area contributed by atoms with Crippen LogP contribution in [0.15, 0.2) is 18.5 Å². The number of carbonyl (C=O) groups excluding carboxylic acids is 1. The smallest absolute Gasteiger partial charge is 0.274 e. The predicted molar refractivity (Wildman–Crippen MR) is 74.2 cm³/mol. The van der Waals surface area contributed by atoms with Crippen LogP contribution < -0.4 is 4.74 Å². The largest absolute Gasteiger partial charge is 0.478 e. The molecule has 1 amide bonds. The van der Waals surface area contributed by atoms with Crippen molar-refractivity contribution in [3.05, 3.63) is 29.7 Å². The summed E-state index contributed by atoms with van der Waals surface area (Å²) in [6.07, 6.45) is 4.15. The van der Waals surface area contributed by atoms with Crippen molar-refractivity contribution in [3.63, 3.8) is 0 Å². The van der Waals surface area contributed by atoms with E-state index in [0.29, 0.717) is 36.8 Å². The molecule has 2 aromatic rings. The molecule has 1 saturated heterocycles. The molecule has 2 aliphatic rings. The SMILES string of the molecule is N#Cc1cnn(C2CN(C(=O)c3cc4n(n3)CCCO4)C2)c1. The number of nitrogens with zero attached hydrogens (tertiary/aromatic N) is 6. The molecule has 1 fully saturated rings. The molecule has 0 saturated carbocycles. The Morgan fingerprint density at radius 3 is 3.05 bits per heavy atom. The van der Waals surface area contributed by atoms with E-state index in [1.54, 1.807) is 26.5 Å². The number of aryl methyl sites for hydroxylation is 1. The monoisotopic (exact) mass is 298 g/mol. The second-order valence-corrected chi connectivity index (χ2v) is 5.48. The maximum Gasteiger partial charge on any atom is 0.274 e. The van der Waals surface area contributed by atoms with Crippen molar-refractivity contribution in [1.82, 2.24) is 24.5 Å². The molecule has 8 nitrogen and oxygen atoms in total. The van der Waals surface area contributed by atoms with Gasteiger partial charge in [0, 0.05) is 38.3 Å². The summed E-state index contributed by atoms with van der Waals surface area (Å²) in [6.45, 7) is 2.62. The molecule has 4 heterocycles. The number of amides is 1. The van der Waals surface area contributed by atoms with Gasteiger partial charge in [-0.15, -0.1) is 0 Å². The lowest BCUT2D eigenvalue weighted by Gasteiger charge is -2.38. The molecule has 2 aliphatic heterocycles. The summed E-state index contributed by atoms with van der Waals surface area (Å²) in [4.78, 5) is 14.1. The first-order valence-electron chi connectivity index (χ1n) is 7.19. The lowest BCUT2D eigenvalue weighted by atomic mass is 10.1. The van der Waals surface area contributed by atoms with Gasteiger partial charge in [0.1, 0.15) is 6.07 Å². The molecule has 2 aromatic heterocycles. The van der Waals surface area contributed by atoms with Gasteiger partial charge in [-0.1, -0.05) is 0 Å². The van der Waals surface area contributed by atoms with Gasteiger partial charge in [0.05, 0.1) is 24.4 Å². The number of fused-ring (bicyclic) bond motifs is 1. The second kappa shape index (κ2) is 4.87. The Morgan fingerprint density at radius 2 is 2.32 bits per heavy atom. The van der Waals surface area contributed by atoms with Crippen molar-refractivity contribution in [3.8, 4) is 11.9 Å². The molecule has 0 unspecified atom stereocenters. The number of hydrogen-bond donors (Lipinski definition) is 0. The van der Waals surface area contributed by atoms with Crippen molar-refractivity contribution in [1.29, 1.82) is 5.26 Å². The average molecular weight is 298 g/mol. The van der Waals surface area contributed by atoms with Crippen molar-refractivity contribution in [2.24, 2.45) is 0 Å². The zero-order chi connectivity index (χ0) is 15.1. The first kappa shape index (κ1) is 12.9. The van der Waals surface area contributed by atoms with E-state index in [2.05, 4.69) is 10.2 Å². The van der Waals surface area contributed by atoms with E-state index in [1.165, 1.54) is 6.20 Å². The minimum Gasteiger partial charge on any atom is -0.478 e. The van der Waals surface area contributed by atoms with Crippen molar-refractivity contribution < 1.29 is 9.53 Å². The summed E-state index contributed by atoms with van der Waals surface area (Å²) in [6, 6.07) is 3.88. The van der Waals surface area contributed by atoms with Crippen molar-refractivity contribution in [2.75, 3.05) is 19.7 Å². The zero-order valence-corrected chi connectivity index (χ0v) is 11.8. The van der Waals surface area contributed by atoms with Crippen LogP contribution in [0.3, 0.4) is 0 Å². The van der Waals surface area contributed by atoms with Crippen LogP contribution in [-0.2, 0) is 6.54 Å². The number of likely N-dealkylation sites (tertiary alicyclic amines) is 1. The predicted octanol–water partition coefficient (Wildman–Crippen LogP) is 0.431. The summed E-state index contributed by atoms with van der Waals surface area (Å²) in [5.41, 5.74) is 0.956. The van der Waals surface area contributed by atoms with Gasteiger partial charge in [-0.25, -0.2) is 4.68 Å². The molecule has 0 aromatic carbocycles. The van der Waals surface area contributed by atoms with Crippen molar-refractivity contribution in [2.45, 2.75) is 19.0 Å². The van der Waals surface area contributed by atoms with Gasteiger partial charge in [0.15, 0.2) is 5.69 Å². The third-order valence-corrected chi connectivity index (χ3v) is 3.98. The summed E-state index contributed by atoms with van der Waals surface area (Å²) >= 11 is 0. The fourth-order valence-corrected chi connectivity index (χ4v) is 2.72. The first-order chi connectivity index (χ1) is 10.7. The molecular formula is C14H14N6O2. The van der Waals surface area contributed by atoms with E-state index in [9.17, 15) is 4.79 Å². The highest BCUT2D eigenvalue weighted by Crippen LogP contribution is 2.25. The van der Waals surface area contributed by atoms with Crippen molar-refractivity contribution >= 4 is 5.91 Å². The van der Waals surface area contributed by atoms with Gasteiger partial charge in [0.2, 0.25) is 5.88 Å². The molecule has 0 bridgehead atoms. The minimum absolute atomic E-state index is 0.0885. The van der Waals surface area contributed by atoms with Crippen LogP contribution in [0.5, 0.6) is 5.88 Å². The molecular weight excluding hydrogens is 284 g/mol.